The second-order valence-electron chi connectivity index (χ2n) is 5.22. The summed E-state index contributed by atoms with van der Waals surface area (Å²) < 4.78 is 7.92. The number of nitrogens with zero attached hydrogens (tertiary/aromatic N) is 3. The Morgan fingerprint density at radius 3 is 1.65 bits per heavy atom. The summed E-state index contributed by atoms with van der Waals surface area (Å²) in [6, 6.07) is 0. The molecule has 0 saturated heterocycles. The largest absolute Gasteiger partial charge is 0.460 e. The van der Waals surface area contributed by atoms with Crippen LogP contribution in [0.15, 0.2) is 26.5 Å². The van der Waals surface area contributed by atoms with Gasteiger partial charge in [-0.1, -0.05) is 20.4 Å². The maximum atomic E-state index is 12.3. The van der Waals surface area contributed by atoms with Crippen molar-refractivity contribution < 1.29 is 9.53 Å². The van der Waals surface area contributed by atoms with Crippen LogP contribution in [0, 0.1) is 0 Å². The summed E-state index contributed by atoms with van der Waals surface area (Å²) in [5.74, 6) is -0.589. The van der Waals surface area contributed by atoms with E-state index >= 15 is 0 Å². The molecule has 1 heterocycles. The van der Waals surface area contributed by atoms with E-state index in [0.717, 1.165) is 13.7 Å². The van der Waals surface area contributed by atoms with Crippen molar-refractivity contribution in [3.63, 3.8) is 0 Å². The van der Waals surface area contributed by atoms with E-state index in [1.807, 2.05) is 13.8 Å². The summed E-state index contributed by atoms with van der Waals surface area (Å²) in [6.07, 6.45) is 1.17. The molecule has 0 aliphatic carbocycles. The topological polar surface area (TPSA) is 92.3 Å². The highest BCUT2D eigenvalue weighted by molar-refractivity contribution is 5.86. The summed E-state index contributed by atoms with van der Waals surface area (Å²) in [4.78, 5) is 48.2. The third kappa shape index (κ3) is 4.30. The monoisotopic (exact) mass is 325 g/mol. The van der Waals surface area contributed by atoms with Crippen molar-refractivity contribution in [2.45, 2.75) is 53.2 Å². The molecule has 0 saturated carbocycles. The lowest BCUT2D eigenvalue weighted by Crippen LogP contribution is -2.54. The van der Waals surface area contributed by atoms with Gasteiger partial charge < -0.3 is 4.74 Å². The first-order chi connectivity index (χ1) is 10.8. The molecule has 0 aromatic carbocycles. The van der Waals surface area contributed by atoms with Crippen LogP contribution in [-0.4, -0.2) is 26.3 Å². The van der Waals surface area contributed by atoms with Gasteiger partial charge >= 0.3 is 23.0 Å². The first kappa shape index (κ1) is 18.7. The second-order valence-corrected chi connectivity index (χ2v) is 5.22. The molecule has 128 valence electrons. The molecule has 23 heavy (non-hydrogen) atoms. The van der Waals surface area contributed by atoms with Gasteiger partial charge in [0.05, 0.1) is 6.54 Å². The molecule has 0 bridgehead atoms. The van der Waals surface area contributed by atoms with E-state index in [2.05, 4.69) is 6.58 Å². The average Bonchev–Trinajstić information content (AvgIpc) is 2.51. The summed E-state index contributed by atoms with van der Waals surface area (Å²) >= 11 is 0. The van der Waals surface area contributed by atoms with Crippen LogP contribution >= 0.6 is 0 Å². The van der Waals surface area contributed by atoms with Crippen molar-refractivity contribution >= 4 is 5.97 Å². The fourth-order valence-corrected chi connectivity index (χ4v) is 2.06. The zero-order valence-electron chi connectivity index (χ0n) is 13.8. The molecule has 1 rings (SSSR count). The molecule has 0 unspecified atom stereocenters. The van der Waals surface area contributed by atoms with E-state index in [1.165, 1.54) is 6.92 Å². The fourth-order valence-electron chi connectivity index (χ4n) is 2.06. The smallest absolute Gasteiger partial charge is 0.336 e. The molecular weight excluding hydrogens is 302 g/mol. The lowest BCUT2D eigenvalue weighted by molar-refractivity contribution is -0.139. The van der Waals surface area contributed by atoms with Crippen molar-refractivity contribution in [2.24, 2.45) is 0 Å². The summed E-state index contributed by atoms with van der Waals surface area (Å²) in [5.41, 5.74) is -1.73. The van der Waals surface area contributed by atoms with Crippen LogP contribution in [0.5, 0.6) is 0 Å². The lowest BCUT2D eigenvalue weighted by atomic mass is 10.4. The number of rotatable bonds is 8. The predicted molar refractivity (Wildman–Crippen MR) is 85.6 cm³/mol. The maximum absolute atomic E-state index is 12.3. The lowest BCUT2D eigenvalue weighted by Gasteiger charge is -2.13. The zero-order valence-corrected chi connectivity index (χ0v) is 13.8. The molecule has 0 spiro atoms. The van der Waals surface area contributed by atoms with Gasteiger partial charge in [0.15, 0.2) is 0 Å². The number of hydrogen-bond acceptors (Lipinski definition) is 5. The Kier molecular flexibility index (Phi) is 6.74. The minimum Gasteiger partial charge on any atom is -0.460 e. The first-order valence-electron chi connectivity index (χ1n) is 7.62. The minimum atomic E-state index is -0.680. The number of carbonyl (C=O) groups is 1. The number of hydrogen-bond donors (Lipinski definition) is 0. The summed E-state index contributed by atoms with van der Waals surface area (Å²) in [6.45, 7) is 8.83. The van der Waals surface area contributed by atoms with Gasteiger partial charge in [0, 0.05) is 18.7 Å². The molecule has 0 fully saturated rings. The fraction of sp³-hybridized carbons (Fsp3) is 0.600. The van der Waals surface area contributed by atoms with Gasteiger partial charge in [-0.05, 0) is 19.8 Å². The van der Waals surface area contributed by atoms with Gasteiger partial charge in [0.2, 0.25) is 0 Å². The highest BCUT2D eigenvalue weighted by Crippen LogP contribution is 1.92. The molecular formula is C15H23N3O5. The molecule has 0 aliphatic heterocycles. The summed E-state index contributed by atoms with van der Waals surface area (Å²) in [5, 5.41) is 0. The Bertz CT molecular complexity index is 710. The normalized spacial score (nSPS) is 10.6. The quantitative estimate of drug-likeness (QED) is 0.500. The second kappa shape index (κ2) is 8.30. The molecule has 8 heteroatoms. The van der Waals surface area contributed by atoms with E-state index in [4.69, 9.17) is 4.74 Å². The van der Waals surface area contributed by atoms with Crippen molar-refractivity contribution in [2.75, 3.05) is 6.61 Å². The van der Waals surface area contributed by atoms with Crippen LogP contribution in [0.3, 0.4) is 0 Å². The van der Waals surface area contributed by atoms with Crippen LogP contribution < -0.4 is 17.1 Å². The van der Waals surface area contributed by atoms with E-state index in [1.54, 1.807) is 0 Å². The molecule has 0 amide bonds. The van der Waals surface area contributed by atoms with E-state index in [-0.39, 0.29) is 31.8 Å². The van der Waals surface area contributed by atoms with Crippen LogP contribution in [0.4, 0.5) is 0 Å². The Morgan fingerprint density at radius 2 is 1.30 bits per heavy atom. The Balaban J connectivity index is 3.22. The van der Waals surface area contributed by atoms with E-state index < -0.39 is 23.0 Å². The SMILES string of the molecule is C=C(C)C(=O)OCCn1c(=O)n(CCC)c(=O)n(CCC)c1=O. The van der Waals surface area contributed by atoms with Gasteiger partial charge in [-0.25, -0.2) is 32.9 Å². The highest BCUT2D eigenvalue weighted by Gasteiger charge is 2.15. The van der Waals surface area contributed by atoms with Crippen molar-refractivity contribution in [1.82, 2.24) is 13.7 Å². The molecule has 0 N–H and O–H groups in total. The van der Waals surface area contributed by atoms with Crippen LogP contribution in [0.1, 0.15) is 33.6 Å². The van der Waals surface area contributed by atoms with Crippen molar-refractivity contribution in [3.05, 3.63) is 43.6 Å². The molecule has 0 atom stereocenters. The number of esters is 1. The maximum Gasteiger partial charge on any atom is 0.336 e. The van der Waals surface area contributed by atoms with E-state index in [9.17, 15) is 19.2 Å². The van der Waals surface area contributed by atoms with Gasteiger partial charge in [-0.3, -0.25) is 0 Å². The molecule has 0 aliphatic rings. The van der Waals surface area contributed by atoms with Crippen LogP contribution in [-0.2, 0) is 29.2 Å². The van der Waals surface area contributed by atoms with Crippen LogP contribution in [0.2, 0.25) is 0 Å². The predicted octanol–water partition coefficient (Wildman–Crippen LogP) is 0.111. The first-order valence-corrected chi connectivity index (χ1v) is 7.62. The molecule has 1 aromatic heterocycles. The minimum absolute atomic E-state index is 0.107. The van der Waals surface area contributed by atoms with Crippen molar-refractivity contribution in [3.8, 4) is 0 Å². The standard InChI is InChI=1S/C15H23N3O5/c1-5-7-16-13(20)17(8-6-2)15(22)18(14(16)21)9-10-23-12(19)11(3)4/h3,5-10H2,1-2,4H3. The van der Waals surface area contributed by atoms with E-state index in [0.29, 0.717) is 12.8 Å². The zero-order chi connectivity index (χ0) is 17.6. The van der Waals surface area contributed by atoms with Gasteiger partial charge in [0.25, 0.3) is 0 Å². The Morgan fingerprint density at radius 1 is 0.913 bits per heavy atom. The van der Waals surface area contributed by atoms with Gasteiger partial charge in [0.1, 0.15) is 6.61 Å². The van der Waals surface area contributed by atoms with Gasteiger partial charge in [-0.15, -0.1) is 0 Å². The Hall–Kier alpha value is -2.38. The Labute approximate surface area is 133 Å². The molecule has 0 radical (unpaired) electrons. The third-order valence-electron chi connectivity index (χ3n) is 3.18. The molecule has 1 aromatic rings. The molecule has 8 nitrogen and oxygen atoms in total. The highest BCUT2D eigenvalue weighted by atomic mass is 16.5. The number of carbonyl (C=O) groups excluding carboxylic acids is 1. The van der Waals surface area contributed by atoms with Crippen molar-refractivity contribution in [1.29, 1.82) is 0 Å². The average molecular weight is 325 g/mol. The van der Waals surface area contributed by atoms with Gasteiger partial charge in [-0.2, -0.15) is 0 Å². The number of aromatic nitrogens is 3. The summed E-state index contributed by atoms with van der Waals surface area (Å²) in [7, 11) is 0. The van der Waals surface area contributed by atoms with Crippen LogP contribution in [0.25, 0.3) is 0 Å². The third-order valence-corrected chi connectivity index (χ3v) is 3.18. The number of ether oxygens (including phenoxy) is 1.